The van der Waals surface area contributed by atoms with Gasteiger partial charge < -0.3 is 15.6 Å². The number of aromatic nitrogens is 1. The summed E-state index contributed by atoms with van der Waals surface area (Å²) in [5.74, 6) is 0. The Balaban J connectivity index is 1.46. The molecule has 0 aliphatic carbocycles. The molecule has 0 spiro atoms. The van der Waals surface area contributed by atoms with Gasteiger partial charge in [-0.1, -0.05) is 0 Å². The fourth-order valence-electron chi connectivity index (χ4n) is 3.30. The highest BCUT2D eigenvalue weighted by molar-refractivity contribution is 7.80. The Morgan fingerprint density at radius 2 is 2.04 bits per heavy atom. The van der Waals surface area contributed by atoms with Gasteiger partial charge in [0.15, 0.2) is 5.11 Å². The molecule has 1 aromatic carbocycles. The number of rotatable bonds is 5. The van der Waals surface area contributed by atoms with Crippen LogP contribution in [0.15, 0.2) is 24.4 Å². The third kappa shape index (κ3) is 3.86. The van der Waals surface area contributed by atoms with Gasteiger partial charge in [-0.25, -0.2) is 0 Å². The van der Waals surface area contributed by atoms with Crippen LogP contribution in [0, 0.1) is 11.3 Å². The minimum atomic E-state index is 0.519. The van der Waals surface area contributed by atoms with Crippen molar-refractivity contribution in [1.29, 1.82) is 5.26 Å². The van der Waals surface area contributed by atoms with E-state index in [9.17, 15) is 0 Å². The van der Waals surface area contributed by atoms with E-state index in [0.29, 0.717) is 5.11 Å². The van der Waals surface area contributed by atoms with E-state index < -0.39 is 0 Å². The number of nitrogens with zero attached hydrogens (tertiary/aromatic N) is 3. The lowest BCUT2D eigenvalue weighted by Crippen LogP contribution is -2.50. The number of hydrogen-bond donors (Lipinski definition) is 2. The number of piperazine rings is 1. The second-order valence-corrected chi connectivity index (χ2v) is 6.73. The van der Waals surface area contributed by atoms with Gasteiger partial charge in [0.05, 0.1) is 11.6 Å². The zero-order valence-electron chi connectivity index (χ0n) is 13.8. The number of fused-ring (bicyclic) bond motifs is 1. The molecule has 0 saturated carbocycles. The number of nitriles is 1. The zero-order chi connectivity index (χ0) is 16.9. The van der Waals surface area contributed by atoms with Crippen molar-refractivity contribution in [2.24, 2.45) is 5.73 Å². The Bertz CT molecular complexity index is 752. The molecule has 126 valence electrons. The number of nitrogens with one attached hydrogen (secondary N) is 1. The first kappa shape index (κ1) is 16.7. The van der Waals surface area contributed by atoms with E-state index in [4.69, 9.17) is 23.2 Å². The van der Waals surface area contributed by atoms with Crippen LogP contribution in [0.4, 0.5) is 0 Å². The number of benzene rings is 1. The minimum Gasteiger partial charge on any atom is -0.376 e. The molecular formula is C18H23N5S. The third-order valence-electron chi connectivity index (χ3n) is 4.75. The van der Waals surface area contributed by atoms with Crippen LogP contribution in [0.25, 0.3) is 10.9 Å². The Morgan fingerprint density at radius 3 is 2.75 bits per heavy atom. The molecular weight excluding hydrogens is 318 g/mol. The van der Waals surface area contributed by atoms with Crippen LogP contribution in [-0.4, -0.2) is 52.6 Å². The van der Waals surface area contributed by atoms with Gasteiger partial charge in [-0.2, -0.15) is 5.26 Å². The van der Waals surface area contributed by atoms with E-state index in [0.717, 1.165) is 56.6 Å². The minimum absolute atomic E-state index is 0.519. The number of nitrogens with two attached hydrogens (primary N) is 1. The number of aromatic amines is 1. The molecule has 5 nitrogen and oxygen atoms in total. The Labute approximate surface area is 148 Å². The average Bonchev–Trinajstić information content (AvgIpc) is 3.01. The molecule has 3 rings (SSSR count). The molecule has 1 saturated heterocycles. The van der Waals surface area contributed by atoms with Crippen LogP contribution in [0.5, 0.6) is 0 Å². The van der Waals surface area contributed by atoms with Gasteiger partial charge in [-0.05, 0) is 61.8 Å². The molecule has 2 aromatic rings. The van der Waals surface area contributed by atoms with Gasteiger partial charge in [0.2, 0.25) is 0 Å². The highest BCUT2D eigenvalue weighted by Crippen LogP contribution is 2.21. The summed E-state index contributed by atoms with van der Waals surface area (Å²) < 4.78 is 0. The summed E-state index contributed by atoms with van der Waals surface area (Å²) in [5.41, 5.74) is 8.81. The summed E-state index contributed by atoms with van der Waals surface area (Å²) in [7, 11) is 0. The highest BCUT2D eigenvalue weighted by atomic mass is 32.1. The van der Waals surface area contributed by atoms with Crippen molar-refractivity contribution in [1.82, 2.24) is 14.8 Å². The third-order valence-corrected chi connectivity index (χ3v) is 5.01. The first-order valence-corrected chi connectivity index (χ1v) is 8.85. The summed E-state index contributed by atoms with van der Waals surface area (Å²) in [4.78, 5) is 7.85. The number of hydrogen-bond acceptors (Lipinski definition) is 3. The summed E-state index contributed by atoms with van der Waals surface area (Å²) in [5, 5.41) is 10.8. The van der Waals surface area contributed by atoms with Gasteiger partial charge in [0.25, 0.3) is 0 Å². The van der Waals surface area contributed by atoms with Gasteiger partial charge >= 0.3 is 0 Å². The Kier molecular flexibility index (Phi) is 5.34. The summed E-state index contributed by atoms with van der Waals surface area (Å²) >= 11 is 5.02. The van der Waals surface area contributed by atoms with Crippen LogP contribution in [0.2, 0.25) is 0 Å². The van der Waals surface area contributed by atoms with E-state index in [1.807, 2.05) is 18.2 Å². The molecule has 2 heterocycles. The number of H-pyrrole nitrogens is 1. The fraction of sp³-hybridized carbons (Fsp3) is 0.444. The van der Waals surface area contributed by atoms with E-state index >= 15 is 0 Å². The molecule has 1 aliphatic heterocycles. The summed E-state index contributed by atoms with van der Waals surface area (Å²) in [6, 6.07) is 8.04. The Hall–Kier alpha value is -2.10. The molecule has 0 atom stereocenters. The maximum Gasteiger partial charge on any atom is 0.166 e. The van der Waals surface area contributed by atoms with E-state index in [1.54, 1.807) is 0 Å². The molecule has 24 heavy (non-hydrogen) atoms. The first-order valence-electron chi connectivity index (χ1n) is 8.44. The molecule has 0 unspecified atom stereocenters. The van der Waals surface area contributed by atoms with E-state index in [2.05, 4.69) is 27.0 Å². The molecule has 0 amide bonds. The maximum atomic E-state index is 9.05. The molecule has 3 N–H and O–H groups in total. The number of aryl methyl sites for hydroxylation is 1. The van der Waals surface area contributed by atoms with Gasteiger partial charge in [-0.15, -0.1) is 0 Å². The summed E-state index contributed by atoms with van der Waals surface area (Å²) in [6.45, 7) is 5.08. The molecule has 0 radical (unpaired) electrons. The molecule has 0 bridgehead atoms. The first-order chi connectivity index (χ1) is 11.7. The van der Waals surface area contributed by atoms with E-state index in [-0.39, 0.29) is 0 Å². The lowest BCUT2D eigenvalue weighted by atomic mass is 10.1. The van der Waals surface area contributed by atoms with Crippen molar-refractivity contribution in [3.05, 3.63) is 35.5 Å². The van der Waals surface area contributed by atoms with Crippen molar-refractivity contribution < 1.29 is 0 Å². The van der Waals surface area contributed by atoms with Crippen LogP contribution in [-0.2, 0) is 6.42 Å². The van der Waals surface area contributed by atoms with Crippen molar-refractivity contribution in [2.75, 3.05) is 32.7 Å². The van der Waals surface area contributed by atoms with E-state index in [1.165, 1.54) is 17.4 Å². The topological polar surface area (TPSA) is 72.1 Å². The monoisotopic (exact) mass is 341 g/mol. The van der Waals surface area contributed by atoms with Crippen LogP contribution < -0.4 is 5.73 Å². The maximum absolute atomic E-state index is 9.05. The quantitative estimate of drug-likeness (QED) is 0.644. The second-order valence-electron chi connectivity index (χ2n) is 6.31. The van der Waals surface area contributed by atoms with Gasteiger partial charge in [0, 0.05) is 43.3 Å². The van der Waals surface area contributed by atoms with Crippen LogP contribution in [0.1, 0.15) is 24.0 Å². The number of unbranched alkanes of at least 4 members (excludes halogenated alkanes) is 1. The van der Waals surface area contributed by atoms with Crippen LogP contribution >= 0.6 is 12.2 Å². The second kappa shape index (κ2) is 7.65. The van der Waals surface area contributed by atoms with Crippen LogP contribution in [0.3, 0.4) is 0 Å². The van der Waals surface area contributed by atoms with Gasteiger partial charge in [-0.3, -0.25) is 4.90 Å². The standard InChI is InChI=1S/C18H23N5S/c19-12-14-4-5-17-16(11-14)15(13-21-17)3-1-2-6-22-7-9-23(10-8-22)18(20)24/h4-5,11,13,21H,1-3,6-10H2,(H2,20,24). The molecule has 1 aliphatic rings. The molecule has 1 aromatic heterocycles. The van der Waals surface area contributed by atoms with Crippen molar-refractivity contribution in [3.63, 3.8) is 0 Å². The fourth-order valence-corrected chi connectivity index (χ4v) is 3.48. The predicted octanol–water partition coefficient (Wildman–Crippen LogP) is 2.22. The predicted molar refractivity (Wildman–Crippen MR) is 101 cm³/mol. The highest BCUT2D eigenvalue weighted by Gasteiger charge is 2.16. The lowest BCUT2D eigenvalue weighted by Gasteiger charge is -2.34. The normalized spacial score (nSPS) is 15.5. The van der Waals surface area contributed by atoms with Crippen molar-refractivity contribution in [2.45, 2.75) is 19.3 Å². The van der Waals surface area contributed by atoms with Gasteiger partial charge in [0.1, 0.15) is 0 Å². The number of thiocarbonyl (C=S) groups is 1. The average molecular weight is 341 g/mol. The summed E-state index contributed by atoms with van der Waals surface area (Å²) in [6.07, 6.45) is 5.45. The van der Waals surface area contributed by atoms with Crippen molar-refractivity contribution >= 4 is 28.2 Å². The molecule has 6 heteroatoms. The lowest BCUT2D eigenvalue weighted by molar-refractivity contribution is 0.180. The smallest absolute Gasteiger partial charge is 0.166 e. The molecule has 1 fully saturated rings. The largest absolute Gasteiger partial charge is 0.376 e. The van der Waals surface area contributed by atoms with Crippen molar-refractivity contribution in [3.8, 4) is 6.07 Å². The SMILES string of the molecule is N#Cc1ccc2[nH]cc(CCCCN3CCN(C(N)=S)CC3)c2c1. The Morgan fingerprint density at radius 1 is 1.25 bits per heavy atom. The zero-order valence-corrected chi connectivity index (χ0v) is 14.6.